The lowest BCUT2D eigenvalue weighted by molar-refractivity contribution is -0.153. The van der Waals surface area contributed by atoms with Gasteiger partial charge in [-0.25, -0.2) is 4.68 Å². The van der Waals surface area contributed by atoms with E-state index in [-0.39, 0.29) is 36.5 Å². The van der Waals surface area contributed by atoms with Gasteiger partial charge >= 0.3 is 5.97 Å². The number of carboxylic acid groups (broad SMARTS) is 1. The van der Waals surface area contributed by atoms with Gasteiger partial charge in [0.25, 0.3) is 11.1 Å². The van der Waals surface area contributed by atoms with Crippen molar-refractivity contribution in [2.24, 2.45) is 5.41 Å². The summed E-state index contributed by atoms with van der Waals surface area (Å²) in [4.78, 5) is 49.9. The van der Waals surface area contributed by atoms with Crippen LogP contribution in [-0.2, 0) is 16.1 Å². The van der Waals surface area contributed by atoms with Crippen molar-refractivity contribution in [3.8, 4) is 0 Å². The molecule has 2 heterocycles. The number of nitrogens with zero attached hydrogens (tertiary/aromatic N) is 2. The fraction of sp³-hybridized carbons (Fsp3) is 0.444. The number of aryl methyl sites for hydroxylation is 1. The van der Waals surface area contributed by atoms with E-state index >= 15 is 0 Å². The molecule has 1 saturated heterocycles. The molecular formula is C18H21N3O5. The number of benzene rings is 1. The highest BCUT2D eigenvalue weighted by Gasteiger charge is 2.39. The van der Waals surface area contributed by atoms with Crippen LogP contribution in [0.2, 0.25) is 0 Å². The molecule has 0 saturated carbocycles. The third kappa shape index (κ3) is 3.26. The zero-order valence-corrected chi connectivity index (χ0v) is 14.5. The standard InChI is InChI=1S/C18H21N3O5/c1-18(17(25)26)8-4-9-20(11-18)14(22)7-10-21-16(24)13-6-3-2-5-12(13)15(23)19-21/h2-3,5-6H,4,7-11H2,1H3,(H,19,23)(H,25,26). The Morgan fingerprint density at radius 2 is 1.92 bits per heavy atom. The zero-order valence-electron chi connectivity index (χ0n) is 14.5. The molecule has 8 heteroatoms. The van der Waals surface area contributed by atoms with Gasteiger partial charge in [0.05, 0.1) is 22.7 Å². The smallest absolute Gasteiger partial charge is 0.311 e. The number of carbonyl (C=O) groups excluding carboxylic acids is 1. The highest BCUT2D eigenvalue weighted by atomic mass is 16.4. The van der Waals surface area contributed by atoms with Crippen LogP contribution in [0.5, 0.6) is 0 Å². The number of H-pyrrole nitrogens is 1. The van der Waals surface area contributed by atoms with E-state index in [0.717, 1.165) is 4.68 Å². The van der Waals surface area contributed by atoms with Gasteiger partial charge < -0.3 is 10.0 Å². The monoisotopic (exact) mass is 359 g/mol. The van der Waals surface area contributed by atoms with E-state index in [1.54, 1.807) is 31.2 Å². The van der Waals surface area contributed by atoms with Crippen LogP contribution in [0.3, 0.4) is 0 Å². The summed E-state index contributed by atoms with van der Waals surface area (Å²) in [5, 5.41) is 12.5. The first-order valence-electron chi connectivity index (χ1n) is 8.55. The summed E-state index contributed by atoms with van der Waals surface area (Å²) in [6.45, 7) is 2.34. The average Bonchev–Trinajstić information content (AvgIpc) is 2.63. The molecule has 0 aliphatic carbocycles. The van der Waals surface area contributed by atoms with Crippen molar-refractivity contribution >= 4 is 22.6 Å². The van der Waals surface area contributed by atoms with Gasteiger partial charge in [0.1, 0.15) is 0 Å². The molecule has 1 aliphatic rings. The van der Waals surface area contributed by atoms with Gasteiger partial charge in [-0.3, -0.25) is 24.3 Å². The van der Waals surface area contributed by atoms with E-state index in [0.29, 0.717) is 30.2 Å². The molecule has 1 fully saturated rings. The minimum Gasteiger partial charge on any atom is -0.481 e. The number of likely N-dealkylation sites (tertiary alicyclic amines) is 1. The fourth-order valence-corrected chi connectivity index (χ4v) is 3.40. The Morgan fingerprint density at radius 1 is 1.23 bits per heavy atom. The highest BCUT2D eigenvalue weighted by Crippen LogP contribution is 2.29. The Hall–Kier alpha value is -2.90. The summed E-state index contributed by atoms with van der Waals surface area (Å²) >= 11 is 0. The number of amides is 1. The van der Waals surface area contributed by atoms with Crippen molar-refractivity contribution in [3.63, 3.8) is 0 Å². The number of aliphatic carboxylic acids is 1. The second-order valence-electron chi connectivity index (χ2n) is 6.98. The number of hydrogen-bond donors (Lipinski definition) is 2. The van der Waals surface area contributed by atoms with E-state index in [4.69, 9.17) is 0 Å². The van der Waals surface area contributed by atoms with E-state index in [1.165, 1.54) is 4.90 Å². The average molecular weight is 359 g/mol. The Balaban J connectivity index is 1.75. The molecule has 1 amide bonds. The summed E-state index contributed by atoms with van der Waals surface area (Å²) in [5.41, 5.74) is -1.69. The van der Waals surface area contributed by atoms with Crippen LogP contribution >= 0.6 is 0 Å². The number of fused-ring (bicyclic) bond motifs is 1. The molecule has 1 aromatic heterocycles. The summed E-state index contributed by atoms with van der Waals surface area (Å²) in [5.74, 6) is -1.14. The van der Waals surface area contributed by atoms with Crippen molar-refractivity contribution in [1.29, 1.82) is 0 Å². The normalized spacial score (nSPS) is 20.3. The van der Waals surface area contributed by atoms with Gasteiger partial charge in [-0.2, -0.15) is 0 Å². The molecule has 0 spiro atoms. The number of nitrogens with one attached hydrogen (secondary N) is 1. The number of carboxylic acids is 1. The van der Waals surface area contributed by atoms with Gasteiger partial charge in [-0.1, -0.05) is 12.1 Å². The first-order valence-corrected chi connectivity index (χ1v) is 8.55. The van der Waals surface area contributed by atoms with Crippen LogP contribution in [0.1, 0.15) is 26.2 Å². The molecule has 0 radical (unpaired) electrons. The minimum absolute atomic E-state index is 0.0177. The Kier molecular flexibility index (Phi) is 4.67. The number of aromatic amines is 1. The minimum atomic E-state index is -0.942. The maximum Gasteiger partial charge on any atom is 0.311 e. The number of piperidine rings is 1. The van der Waals surface area contributed by atoms with Gasteiger partial charge in [0.15, 0.2) is 0 Å². The largest absolute Gasteiger partial charge is 0.481 e. The number of hydrogen-bond acceptors (Lipinski definition) is 4. The second-order valence-corrected chi connectivity index (χ2v) is 6.98. The highest BCUT2D eigenvalue weighted by molar-refractivity contribution is 5.81. The van der Waals surface area contributed by atoms with Crippen LogP contribution < -0.4 is 11.1 Å². The van der Waals surface area contributed by atoms with Gasteiger partial charge in [-0.05, 0) is 31.9 Å². The SMILES string of the molecule is CC1(C(=O)O)CCCN(C(=O)CCn2[nH]c(=O)c3ccccc3c2=O)C1. The van der Waals surface area contributed by atoms with E-state index < -0.39 is 11.4 Å². The van der Waals surface area contributed by atoms with E-state index in [9.17, 15) is 24.3 Å². The third-order valence-electron chi connectivity index (χ3n) is 5.00. The Morgan fingerprint density at radius 3 is 2.62 bits per heavy atom. The molecule has 2 aromatic rings. The van der Waals surface area contributed by atoms with Crippen LogP contribution in [-0.4, -0.2) is 44.8 Å². The molecule has 138 valence electrons. The summed E-state index contributed by atoms with van der Waals surface area (Å²) in [7, 11) is 0. The predicted molar refractivity (Wildman–Crippen MR) is 95.0 cm³/mol. The maximum atomic E-state index is 12.5. The quantitative estimate of drug-likeness (QED) is 0.838. The topological polar surface area (TPSA) is 112 Å². The van der Waals surface area contributed by atoms with Crippen molar-refractivity contribution in [2.45, 2.75) is 32.7 Å². The summed E-state index contributed by atoms with van der Waals surface area (Å²) in [6.07, 6.45) is 1.18. The maximum absolute atomic E-state index is 12.5. The fourth-order valence-electron chi connectivity index (χ4n) is 3.40. The van der Waals surface area contributed by atoms with Gasteiger partial charge in [-0.15, -0.1) is 0 Å². The number of carbonyl (C=O) groups is 2. The molecule has 2 N–H and O–H groups in total. The second kappa shape index (κ2) is 6.78. The van der Waals surface area contributed by atoms with Crippen molar-refractivity contribution in [2.75, 3.05) is 13.1 Å². The van der Waals surface area contributed by atoms with Crippen LogP contribution in [0, 0.1) is 5.41 Å². The first-order chi connectivity index (χ1) is 12.3. The third-order valence-corrected chi connectivity index (χ3v) is 5.00. The molecule has 3 rings (SSSR count). The molecule has 26 heavy (non-hydrogen) atoms. The van der Waals surface area contributed by atoms with E-state index in [1.807, 2.05) is 0 Å². The van der Waals surface area contributed by atoms with Crippen LogP contribution in [0.15, 0.2) is 33.9 Å². The number of rotatable bonds is 4. The lowest BCUT2D eigenvalue weighted by atomic mass is 9.82. The van der Waals surface area contributed by atoms with E-state index in [2.05, 4.69) is 5.10 Å². The molecule has 1 atom stereocenters. The Labute approximate surface area is 149 Å². The van der Waals surface area contributed by atoms with Crippen molar-refractivity contribution in [1.82, 2.24) is 14.7 Å². The molecular weight excluding hydrogens is 338 g/mol. The lowest BCUT2D eigenvalue weighted by Crippen LogP contribution is -2.48. The van der Waals surface area contributed by atoms with Gasteiger partial charge in [0.2, 0.25) is 5.91 Å². The van der Waals surface area contributed by atoms with Gasteiger partial charge in [0, 0.05) is 19.5 Å². The number of aromatic nitrogens is 2. The molecule has 1 aromatic carbocycles. The first kappa shape index (κ1) is 17.9. The molecule has 8 nitrogen and oxygen atoms in total. The Bertz CT molecular complexity index is 977. The summed E-state index contributed by atoms with van der Waals surface area (Å²) < 4.78 is 1.14. The molecule has 1 aliphatic heterocycles. The van der Waals surface area contributed by atoms with Crippen LogP contribution in [0.4, 0.5) is 0 Å². The molecule has 0 bridgehead atoms. The summed E-state index contributed by atoms with van der Waals surface area (Å²) in [6, 6.07) is 6.51. The van der Waals surface area contributed by atoms with Crippen molar-refractivity contribution in [3.05, 3.63) is 45.0 Å². The lowest BCUT2D eigenvalue weighted by Gasteiger charge is -2.37. The predicted octanol–water partition coefficient (Wildman–Crippen LogP) is 0.793. The van der Waals surface area contributed by atoms with Crippen molar-refractivity contribution < 1.29 is 14.7 Å². The van der Waals surface area contributed by atoms with Crippen LogP contribution in [0.25, 0.3) is 10.8 Å². The molecule has 1 unspecified atom stereocenters. The zero-order chi connectivity index (χ0) is 18.9.